The van der Waals surface area contributed by atoms with Crippen LogP contribution in [0.3, 0.4) is 0 Å². The molecule has 0 spiro atoms. The maximum atomic E-state index is 12.1. The molecule has 3 rings (SSSR count). The molecule has 2 aromatic heterocycles. The van der Waals surface area contributed by atoms with Crippen LogP contribution < -0.4 is 4.90 Å². The molecule has 0 saturated carbocycles. The van der Waals surface area contributed by atoms with E-state index >= 15 is 0 Å². The van der Waals surface area contributed by atoms with Crippen LogP contribution in [0.5, 0.6) is 0 Å². The number of aromatic nitrogens is 2. The summed E-state index contributed by atoms with van der Waals surface area (Å²) < 4.78 is 0. The number of piperazine rings is 1. The van der Waals surface area contributed by atoms with Gasteiger partial charge in [0.25, 0.3) is 5.91 Å². The van der Waals surface area contributed by atoms with Crippen LogP contribution in [0.15, 0.2) is 48.9 Å². The Morgan fingerprint density at radius 3 is 2.45 bits per heavy atom. The predicted octanol–water partition coefficient (Wildman–Crippen LogP) is 1.18. The van der Waals surface area contributed by atoms with Crippen LogP contribution in [0.1, 0.15) is 5.56 Å². The summed E-state index contributed by atoms with van der Waals surface area (Å²) >= 11 is 0. The minimum Gasteiger partial charge on any atom is -0.353 e. The van der Waals surface area contributed by atoms with Crippen LogP contribution in [-0.4, -0.2) is 47.0 Å². The lowest BCUT2D eigenvalue weighted by Gasteiger charge is -2.34. The Kier molecular flexibility index (Phi) is 4.30. The van der Waals surface area contributed by atoms with Gasteiger partial charge in [-0.25, -0.2) is 4.98 Å². The van der Waals surface area contributed by atoms with Gasteiger partial charge in [0.15, 0.2) is 0 Å². The maximum Gasteiger partial charge on any atom is 0.298 e. The average Bonchev–Trinajstić information content (AvgIpc) is 2.61. The number of nitrogens with zero attached hydrogens (tertiary/aromatic N) is 4. The van der Waals surface area contributed by atoms with Crippen molar-refractivity contribution in [3.8, 4) is 11.8 Å². The van der Waals surface area contributed by atoms with E-state index in [-0.39, 0.29) is 5.91 Å². The SMILES string of the molecule is O=C(C#Cc1ccncc1)N1CCN(c2ccccn2)CC1. The van der Waals surface area contributed by atoms with E-state index < -0.39 is 0 Å². The fourth-order valence-corrected chi connectivity index (χ4v) is 2.32. The van der Waals surface area contributed by atoms with E-state index in [9.17, 15) is 4.79 Å². The second kappa shape index (κ2) is 6.72. The van der Waals surface area contributed by atoms with Crippen LogP contribution >= 0.6 is 0 Å². The first-order chi connectivity index (χ1) is 10.8. The first-order valence-electron chi connectivity index (χ1n) is 7.20. The van der Waals surface area contributed by atoms with Gasteiger partial charge in [-0.15, -0.1) is 0 Å². The molecule has 2 aromatic rings. The monoisotopic (exact) mass is 292 g/mol. The highest BCUT2D eigenvalue weighted by Crippen LogP contribution is 2.12. The van der Waals surface area contributed by atoms with Crippen molar-refractivity contribution in [1.29, 1.82) is 0 Å². The highest BCUT2D eigenvalue weighted by Gasteiger charge is 2.20. The van der Waals surface area contributed by atoms with Gasteiger partial charge in [-0.05, 0) is 24.3 Å². The number of pyridine rings is 2. The van der Waals surface area contributed by atoms with Gasteiger partial charge in [0.05, 0.1) is 0 Å². The molecule has 5 nitrogen and oxygen atoms in total. The first-order valence-corrected chi connectivity index (χ1v) is 7.20. The van der Waals surface area contributed by atoms with Crippen molar-refractivity contribution in [3.63, 3.8) is 0 Å². The summed E-state index contributed by atoms with van der Waals surface area (Å²) in [6.07, 6.45) is 5.12. The molecule has 0 atom stereocenters. The Hall–Kier alpha value is -2.87. The van der Waals surface area contributed by atoms with Gasteiger partial charge in [-0.1, -0.05) is 12.0 Å². The highest BCUT2D eigenvalue weighted by molar-refractivity contribution is 5.94. The van der Waals surface area contributed by atoms with E-state index in [1.165, 1.54) is 0 Å². The molecule has 22 heavy (non-hydrogen) atoms. The van der Waals surface area contributed by atoms with Crippen molar-refractivity contribution in [2.24, 2.45) is 0 Å². The molecule has 0 aliphatic carbocycles. The summed E-state index contributed by atoms with van der Waals surface area (Å²) in [4.78, 5) is 24.3. The van der Waals surface area contributed by atoms with Crippen LogP contribution in [0.4, 0.5) is 5.82 Å². The quantitative estimate of drug-likeness (QED) is 0.741. The first kappa shape index (κ1) is 14.1. The number of amides is 1. The van der Waals surface area contributed by atoms with E-state index in [2.05, 4.69) is 26.7 Å². The third kappa shape index (κ3) is 3.41. The van der Waals surface area contributed by atoms with Crippen LogP contribution in [0.2, 0.25) is 0 Å². The smallest absolute Gasteiger partial charge is 0.298 e. The molecule has 1 aliphatic rings. The Morgan fingerprint density at radius 2 is 1.77 bits per heavy atom. The predicted molar refractivity (Wildman–Crippen MR) is 84.1 cm³/mol. The summed E-state index contributed by atoms with van der Waals surface area (Å²) in [7, 11) is 0. The Bertz CT molecular complexity index is 683. The van der Waals surface area contributed by atoms with E-state index in [4.69, 9.17) is 0 Å². The largest absolute Gasteiger partial charge is 0.353 e. The normalized spacial score (nSPS) is 14.2. The molecule has 110 valence electrons. The van der Waals surface area contributed by atoms with Crippen molar-refractivity contribution in [2.75, 3.05) is 31.1 Å². The molecule has 0 unspecified atom stereocenters. The van der Waals surface area contributed by atoms with Crippen molar-refractivity contribution in [2.45, 2.75) is 0 Å². The third-order valence-corrected chi connectivity index (χ3v) is 3.53. The van der Waals surface area contributed by atoms with E-state index in [1.807, 2.05) is 18.2 Å². The number of hydrogen-bond donors (Lipinski definition) is 0. The van der Waals surface area contributed by atoms with Crippen LogP contribution in [0.25, 0.3) is 0 Å². The zero-order chi connectivity index (χ0) is 15.2. The maximum absolute atomic E-state index is 12.1. The van der Waals surface area contributed by atoms with Gasteiger partial charge in [0.2, 0.25) is 0 Å². The topological polar surface area (TPSA) is 49.3 Å². The molecule has 0 N–H and O–H groups in total. The summed E-state index contributed by atoms with van der Waals surface area (Å²) in [5.41, 5.74) is 0.801. The summed E-state index contributed by atoms with van der Waals surface area (Å²) in [5.74, 6) is 6.40. The van der Waals surface area contributed by atoms with Crippen molar-refractivity contribution >= 4 is 11.7 Å². The minimum absolute atomic E-state index is 0.127. The van der Waals surface area contributed by atoms with E-state index in [1.54, 1.807) is 35.6 Å². The molecule has 3 heterocycles. The molecule has 1 saturated heterocycles. The Morgan fingerprint density at radius 1 is 1.00 bits per heavy atom. The molecular weight excluding hydrogens is 276 g/mol. The number of anilines is 1. The summed E-state index contributed by atoms with van der Waals surface area (Å²) in [5, 5.41) is 0. The highest BCUT2D eigenvalue weighted by atomic mass is 16.2. The summed E-state index contributed by atoms with van der Waals surface area (Å²) in [6, 6.07) is 9.44. The van der Waals surface area contributed by atoms with Crippen molar-refractivity contribution < 1.29 is 4.79 Å². The van der Waals surface area contributed by atoms with Gasteiger partial charge in [0.1, 0.15) is 5.82 Å². The van der Waals surface area contributed by atoms with Gasteiger partial charge >= 0.3 is 0 Å². The average molecular weight is 292 g/mol. The molecule has 0 radical (unpaired) electrons. The number of carbonyl (C=O) groups is 1. The lowest BCUT2D eigenvalue weighted by atomic mass is 10.2. The Balaban J connectivity index is 1.58. The summed E-state index contributed by atoms with van der Waals surface area (Å²) in [6.45, 7) is 2.89. The number of rotatable bonds is 1. The lowest BCUT2D eigenvalue weighted by Crippen LogP contribution is -2.48. The Labute approximate surface area is 129 Å². The van der Waals surface area contributed by atoms with Gasteiger partial charge in [0, 0.05) is 56.3 Å². The molecule has 0 bridgehead atoms. The van der Waals surface area contributed by atoms with Gasteiger partial charge in [-0.3, -0.25) is 9.78 Å². The fraction of sp³-hybridized carbons (Fsp3) is 0.235. The lowest BCUT2D eigenvalue weighted by molar-refractivity contribution is -0.125. The van der Waals surface area contributed by atoms with Crippen LogP contribution in [-0.2, 0) is 4.79 Å². The van der Waals surface area contributed by atoms with Gasteiger partial charge < -0.3 is 9.80 Å². The zero-order valence-electron chi connectivity index (χ0n) is 12.1. The van der Waals surface area contributed by atoms with E-state index in [0.29, 0.717) is 13.1 Å². The molecule has 0 aromatic carbocycles. The molecule has 5 heteroatoms. The molecule has 1 fully saturated rings. The zero-order valence-corrected chi connectivity index (χ0v) is 12.1. The minimum atomic E-state index is -0.127. The van der Waals surface area contributed by atoms with Gasteiger partial charge in [-0.2, -0.15) is 0 Å². The molecular formula is C17H16N4O. The number of carbonyl (C=O) groups excluding carboxylic acids is 1. The fourth-order valence-electron chi connectivity index (χ4n) is 2.32. The second-order valence-electron chi connectivity index (χ2n) is 4.95. The molecule has 1 aliphatic heterocycles. The van der Waals surface area contributed by atoms with Crippen LogP contribution in [0, 0.1) is 11.8 Å². The second-order valence-corrected chi connectivity index (χ2v) is 4.95. The molecule has 1 amide bonds. The van der Waals surface area contributed by atoms with Crippen molar-refractivity contribution in [1.82, 2.24) is 14.9 Å². The third-order valence-electron chi connectivity index (χ3n) is 3.53. The standard InChI is InChI=1S/C17H16N4O/c22-17(5-4-15-6-9-18-10-7-15)21-13-11-20(12-14-21)16-3-1-2-8-19-16/h1-3,6-10H,11-14H2. The van der Waals surface area contributed by atoms with E-state index in [0.717, 1.165) is 24.5 Å². The number of hydrogen-bond acceptors (Lipinski definition) is 4. The van der Waals surface area contributed by atoms with Crippen molar-refractivity contribution in [3.05, 3.63) is 54.5 Å².